The summed E-state index contributed by atoms with van der Waals surface area (Å²) in [6.45, 7) is 11.2. The molecule has 1 atom stereocenters. The molecule has 11 nitrogen and oxygen atoms in total. The van der Waals surface area contributed by atoms with E-state index in [1.807, 2.05) is 6.92 Å². The van der Waals surface area contributed by atoms with Crippen molar-refractivity contribution in [2.24, 2.45) is 13.0 Å². The van der Waals surface area contributed by atoms with Crippen LogP contribution in [0.1, 0.15) is 57.1 Å². The number of fused-ring (bicyclic) bond motifs is 6. The molecule has 0 spiro atoms. The Labute approximate surface area is 223 Å². The maximum atomic E-state index is 13.3. The number of carbonyl (C=O) groups is 1. The van der Waals surface area contributed by atoms with Gasteiger partial charge in [0.2, 0.25) is 5.88 Å². The largest absolute Gasteiger partial charge is 0.476 e. The van der Waals surface area contributed by atoms with Crippen LogP contribution >= 0.6 is 13.5 Å². The van der Waals surface area contributed by atoms with Crippen molar-refractivity contribution in [3.8, 4) is 11.7 Å². The van der Waals surface area contributed by atoms with Crippen molar-refractivity contribution in [2.45, 2.75) is 56.9 Å². The molecule has 0 radical (unpaired) electrons. The maximum absolute atomic E-state index is 13.3. The van der Waals surface area contributed by atoms with Gasteiger partial charge in [-0.25, -0.2) is 22.8 Å². The van der Waals surface area contributed by atoms with E-state index in [0.29, 0.717) is 48.7 Å². The zero-order valence-corrected chi connectivity index (χ0v) is 23.6. The molecule has 5 rings (SSSR count). The molecule has 3 aromatic heterocycles. The van der Waals surface area contributed by atoms with Crippen molar-refractivity contribution in [1.29, 1.82) is 0 Å². The van der Waals surface area contributed by atoms with Gasteiger partial charge in [-0.3, -0.25) is 9.48 Å². The molecule has 2 aliphatic heterocycles. The van der Waals surface area contributed by atoms with Crippen LogP contribution in [0.5, 0.6) is 5.88 Å². The molecular weight excluding hydrogens is 514 g/mol. The van der Waals surface area contributed by atoms with E-state index in [1.54, 1.807) is 36.1 Å². The fourth-order valence-electron chi connectivity index (χ4n) is 5.22. The Balaban J connectivity index is 0.00000320. The maximum Gasteiger partial charge on any atom is 0.268 e. The van der Waals surface area contributed by atoms with Gasteiger partial charge in [0.1, 0.15) is 10.7 Å². The first-order valence-corrected chi connectivity index (χ1v) is 13.4. The zero-order valence-electron chi connectivity index (χ0n) is 21.8. The average molecular weight is 548 g/mol. The zero-order chi connectivity index (χ0) is 26.0. The molecule has 0 saturated carbocycles. The number of nitrogens with zero attached hydrogens (tertiary/aromatic N) is 6. The Morgan fingerprint density at radius 2 is 1.89 bits per heavy atom. The van der Waals surface area contributed by atoms with Gasteiger partial charge in [-0.1, -0.05) is 20.8 Å². The van der Waals surface area contributed by atoms with E-state index in [1.165, 1.54) is 10.9 Å². The molecule has 2 bridgehead atoms. The van der Waals surface area contributed by atoms with Gasteiger partial charge in [0.05, 0.1) is 17.9 Å². The van der Waals surface area contributed by atoms with Gasteiger partial charge in [-0.05, 0) is 38.3 Å². The standard InChI is InChI=1S/C24H31N7O4S.H2S/c1-15(2)12-35-19-9-10-31(26-19)18-8-7-16-21(25-18)30-14-24(5,13-23(30,3)4)20-17(11-29(6)27-20)36(33,34)28-22(16)32;/h7-11,15H,12-14H2,1-6H3,(H,28,32);1H2/t24-;/m1./s1. The van der Waals surface area contributed by atoms with E-state index >= 15 is 0 Å². The summed E-state index contributed by atoms with van der Waals surface area (Å²) in [6.07, 6.45) is 3.81. The number of nitrogens with one attached hydrogen (secondary N) is 1. The number of amides is 1. The number of hydrogen-bond donors (Lipinski definition) is 1. The third-order valence-electron chi connectivity index (χ3n) is 6.67. The molecule has 0 unspecified atom stereocenters. The van der Waals surface area contributed by atoms with Crippen LogP contribution in [0, 0.1) is 5.92 Å². The number of pyridine rings is 1. The molecule has 5 heterocycles. The van der Waals surface area contributed by atoms with Gasteiger partial charge >= 0.3 is 0 Å². The van der Waals surface area contributed by atoms with Gasteiger partial charge < -0.3 is 9.64 Å². The Bertz CT molecular complexity index is 1460. The van der Waals surface area contributed by atoms with E-state index in [9.17, 15) is 13.2 Å². The molecular formula is C24H33N7O4S2. The lowest BCUT2D eigenvalue weighted by molar-refractivity contribution is 0.0981. The molecule has 0 aliphatic carbocycles. The van der Waals surface area contributed by atoms with Crippen molar-refractivity contribution in [2.75, 3.05) is 18.1 Å². The van der Waals surface area contributed by atoms with Crippen LogP contribution in [-0.2, 0) is 22.5 Å². The predicted molar refractivity (Wildman–Crippen MR) is 143 cm³/mol. The SMILES string of the molecule is CC(C)COc1ccn(-c2ccc3c(n2)N2C[C@@](C)(CC2(C)C)c2nn(C)cc2S(=O)(=O)NC3=O)n1.S. The normalized spacial score (nSPS) is 21.6. The molecule has 1 fully saturated rings. The minimum atomic E-state index is -4.15. The summed E-state index contributed by atoms with van der Waals surface area (Å²) >= 11 is 0. The van der Waals surface area contributed by atoms with Crippen molar-refractivity contribution >= 4 is 35.2 Å². The molecule has 37 heavy (non-hydrogen) atoms. The fraction of sp³-hybridized carbons (Fsp3) is 0.500. The highest BCUT2D eigenvalue weighted by atomic mass is 32.2. The second kappa shape index (κ2) is 9.05. The van der Waals surface area contributed by atoms with Gasteiger partial charge in [0.25, 0.3) is 15.9 Å². The van der Waals surface area contributed by atoms with E-state index in [0.717, 1.165) is 0 Å². The van der Waals surface area contributed by atoms with Crippen LogP contribution in [0.2, 0.25) is 0 Å². The van der Waals surface area contributed by atoms with E-state index in [4.69, 9.17) is 9.72 Å². The lowest BCUT2D eigenvalue weighted by Crippen LogP contribution is -2.42. The highest BCUT2D eigenvalue weighted by Crippen LogP contribution is 2.47. The number of ether oxygens (including phenoxy) is 1. The second-order valence-corrected chi connectivity index (χ2v) is 12.6. The Morgan fingerprint density at radius 1 is 1.16 bits per heavy atom. The lowest BCUT2D eigenvalue weighted by atomic mass is 9.81. The van der Waals surface area contributed by atoms with Crippen molar-refractivity contribution < 1.29 is 17.9 Å². The van der Waals surface area contributed by atoms with Crippen LogP contribution < -0.4 is 14.4 Å². The first-order valence-electron chi connectivity index (χ1n) is 11.9. The average Bonchev–Trinajstić information content (AvgIpc) is 3.47. The molecule has 13 heteroatoms. The van der Waals surface area contributed by atoms with Gasteiger partial charge in [0, 0.05) is 43.0 Å². The number of aryl methyl sites for hydroxylation is 1. The quantitative estimate of drug-likeness (QED) is 0.529. The van der Waals surface area contributed by atoms with E-state index < -0.39 is 26.9 Å². The fourth-order valence-corrected chi connectivity index (χ4v) is 6.51. The summed E-state index contributed by atoms with van der Waals surface area (Å²) < 4.78 is 37.6. The summed E-state index contributed by atoms with van der Waals surface area (Å²) in [5.41, 5.74) is -0.406. The van der Waals surface area contributed by atoms with Gasteiger partial charge in [0.15, 0.2) is 5.82 Å². The molecule has 1 N–H and O–H groups in total. The molecule has 0 aromatic carbocycles. The third-order valence-corrected chi connectivity index (χ3v) is 8.00. The van der Waals surface area contributed by atoms with Gasteiger partial charge in [-0.15, -0.1) is 5.10 Å². The number of hydrogen-bond acceptors (Lipinski definition) is 8. The second-order valence-electron chi connectivity index (χ2n) is 10.9. The predicted octanol–water partition coefficient (Wildman–Crippen LogP) is 2.53. The summed E-state index contributed by atoms with van der Waals surface area (Å²) in [5.74, 6) is 0.980. The molecule has 200 valence electrons. The number of anilines is 1. The van der Waals surface area contributed by atoms with Crippen LogP contribution in [0.15, 0.2) is 35.5 Å². The minimum absolute atomic E-state index is 0. The summed E-state index contributed by atoms with van der Waals surface area (Å²) in [5, 5.41) is 8.99. The Hall–Kier alpha value is -3.06. The third kappa shape index (κ3) is 4.70. The van der Waals surface area contributed by atoms with Crippen molar-refractivity contribution in [1.82, 2.24) is 29.3 Å². The van der Waals surface area contributed by atoms with Crippen LogP contribution in [-0.4, -0.2) is 57.6 Å². The Kier molecular flexibility index (Phi) is 6.60. The highest BCUT2D eigenvalue weighted by molar-refractivity contribution is 7.90. The number of rotatable bonds is 4. The molecule has 1 saturated heterocycles. The first-order chi connectivity index (χ1) is 16.8. The summed E-state index contributed by atoms with van der Waals surface area (Å²) in [7, 11) is -2.47. The first kappa shape index (κ1) is 27.0. The molecule has 2 aliphatic rings. The van der Waals surface area contributed by atoms with Crippen LogP contribution in [0.25, 0.3) is 5.82 Å². The topological polar surface area (TPSA) is 124 Å². The van der Waals surface area contributed by atoms with E-state index in [-0.39, 0.29) is 24.0 Å². The lowest BCUT2D eigenvalue weighted by Gasteiger charge is -2.34. The number of aromatic nitrogens is 5. The smallest absolute Gasteiger partial charge is 0.268 e. The molecule has 3 aromatic rings. The number of sulfonamides is 1. The van der Waals surface area contributed by atoms with E-state index in [2.05, 4.69) is 47.5 Å². The van der Waals surface area contributed by atoms with Crippen LogP contribution in [0.4, 0.5) is 5.82 Å². The number of carbonyl (C=O) groups excluding carboxylic acids is 1. The Morgan fingerprint density at radius 3 is 2.59 bits per heavy atom. The highest BCUT2D eigenvalue weighted by Gasteiger charge is 2.52. The minimum Gasteiger partial charge on any atom is -0.476 e. The van der Waals surface area contributed by atoms with Gasteiger partial charge in [-0.2, -0.15) is 18.6 Å². The van der Waals surface area contributed by atoms with Crippen LogP contribution in [0.3, 0.4) is 0 Å². The van der Waals surface area contributed by atoms with Crippen molar-refractivity contribution in [3.63, 3.8) is 0 Å². The molecule has 1 amide bonds. The summed E-state index contributed by atoms with van der Waals surface area (Å²) in [4.78, 5) is 20.2. The van der Waals surface area contributed by atoms with Crippen molar-refractivity contribution in [3.05, 3.63) is 41.9 Å². The summed E-state index contributed by atoms with van der Waals surface area (Å²) in [6, 6.07) is 5.00. The monoisotopic (exact) mass is 547 g/mol.